The quantitative estimate of drug-likeness (QED) is 0.848. The number of nitrogens with zero attached hydrogens (tertiary/aromatic N) is 2. The van der Waals surface area contributed by atoms with E-state index in [0.717, 1.165) is 10.8 Å². The number of anilines is 1. The summed E-state index contributed by atoms with van der Waals surface area (Å²) in [5.41, 5.74) is 0.672. The van der Waals surface area contributed by atoms with Gasteiger partial charge < -0.3 is 15.1 Å². The van der Waals surface area contributed by atoms with Crippen molar-refractivity contribution in [2.75, 3.05) is 31.5 Å². The maximum atomic E-state index is 12.6. The predicted molar refractivity (Wildman–Crippen MR) is 101 cm³/mol. The summed E-state index contributed by atoms with van der Waals surface area (Å²) in [5, 5.41) is 4.94. The van der Waals surface area contributed by atoms with Gasteiger partial charge in [0.05, 0.1) is 6.42 Å². The summed E-state index contributed by atoms with van der Waals surface area (Å²) in [6, 6.07) is 13.2. The van der Waals surface area contributed by atoms with Crippen LogP contribution < -0.4 is 5.32 Å². The van der Waals surface area contributed by atoms with Gasteiger partial charge in [-0.2, -0.15) is 13.2 Å². The van der Waals surface area contributed by atoms with E-state index in [4.69, 9.17) is 0 Å². The molecular weight excluding hydrogens is 371 g/mol. The number of alkyl halides is 3. The molecule has 0 saturated carbocycles. The number of benzene rings is 2. The highest BCUT2D eigenvalue weighted by Crippen LogP contribution is 2.22. The van der Waals surface area contributed by atoms with Crippen LogP contribution >= 0.6 is 0 Å². The van der Waals surface area contributed by atoms with Gasteiger partial charge in [-0.15, -0.1) is 0 Å². The van der Waals surface area contributed by atoms with Crippen molar-refractivity contribution in [1.29, 1.82) is 0 Å². The fraction of sp³-hybridized carbons (Fsp3) is 0.400. The van der Waals surface area contributed by atoms with Crippen LogP contribution in [0.1, 0.15) is 19.3 Å². The Morgan fingerprint density at radius 1 is 0.929 bits per heavy atom. The van der Waals surface area contributed by atoms with Crippen LogP contribution in [-0.4, -0.2) is 54.1 Å². The molecule has 1 fully saturated rings. The number of nitrogens with one attached hydrogen (secondary N) is 1. The van der Waals surface area contributed by atoms with Gasteiger partial charge in [-0.05, 0) is 29.3 Å². The molecule has 0 aromatic heterocycles. The number of urea groups is 1. The number of carbonyl (C=O) groups excluding carboxylic acids is 2. The second kappa shape index (κ2) is 8.50. The number of rotatable bonds is 3. The molecule has 1 aliphatic rings. The van der Waals surface area contributed by atoms with Crippen molar-refractivity contribution in [3.63, 3.8) is 0 Å². The minimum Gasteiger partial charge on any atom is -0.341 e. The number of amides is 3. The lowest BCUT2D eigenvalue weighted by Crippen LogP contribution is -2.39. The van der Waals surface area contributed by atoms with E-state index in [1.165, 1.54) is 4.90 Å². The van der Waals surface area contributed by atoms with Gasteiger partial charge in [-0.1, -0.05) is 30.3 Å². The van der Waals surface area contributed by atoms with Crippen LogP contribution in [0.4, 0.5) is 23.7 Å². The van der Waals surface area contributed by atoms with E-state index in [2.05, 4.69) is 5.32 Å². The van der Waals surface area contributed by atoms with E-state index in [1.54, 1.807) is 4.90 Å². The normalized spacial score (nSPS) is 15.4. The van der Waals surface area contributed by atoms with Gasteiger partial charge >= 0.3 is 12.2 Å². The molecule has 1 aliphatic heterocycles. The molecule has 1 heterocycles. The average Bonchev–Trinajstić information content (AvgIpc) is 2.92. The first-order valence-electron chi connectivity index (χ1n) is 9.21. The molecule has 1 N–H and O–H groups in total. The molecule has 0 aliphatic carbocycles. The molecule has 2 aromatic rings. The molecule has 3 rings (SSSR count). The zero-order valence-electron chi connectivity index (χ0n) is 15.3. The standard InChI is InChI=1S/C20H22F3N3O2/c21-20(22,23)9-8-18(27)25-10-3-11-26(13-12-25)19(28)24-17-7-6-15-4-1-2-5-16(15)14-17/h1-2,4-7,14H,3,8-13H2,(H,24,28). The van der Waals surface area contributed by atoms with Crippen LogP contribution in [0.5, 0.6) is 0 Å². The van der Waals surface area contributed by atoms with Gasteiger partial charge in [0.1, 0.15) is 0 Å². The predicted octanol–water partition coefficient (Wildman–Crippen LogP) is 4.25. The topological polar surface area (TPSA) is 52.7 Å². The zero-order valence-corrected chi connectivity index (χ0v) is 15.3. The van der Waals surface area contributed by atoms with Crippen LogP contribution in [0.15, 0.2) is 42.5 Å². The molecule has 0 atom stereocenters. The largest absolute Gasteiger partial charge is 0.389 e. The Hall–Kier alpha value is -2.77. The Labute approximate surface area is 161 Å². The summed E-state index contributed by atoms with van der Waals surface area (Å²) in [6.07, 6.45) is -5.47. The summed E-state index contributed by atoms with van der Waals surface area (Å²) in [4.78, 5) is 27.6. The summed E-state index contributed by atoms with van der Waals surface area (Å²) >= 11 is 0. The minimum absolute atomic E-state index is 0.238. The van der Waals surface area contributed by atoms with Gasteiger partial charge in [0.2, 0.25) is 5.91 Å². The molecule has 5 nitrogen and oxygen atoms in total. The Kier molecular flexibility index (Phi) is 6.06. The van der Waals surface area contributed by atoms with Crippen molar-refractivity contribution in [2.24, 2.45) is 0 Å². The maximum absolute atomic E-state index is 12.6. The third-order valence-corrected chi connectivity index (χ3v) is 4.76. The zero-order chi connectivity index (χ0) is 20.1. The first-order valence-corrected chi connectivity index (χ1v) is 9.21. The molecular formula is C20H22F3N3O2. The number of hydrogen-bond donors (Lipinski definition) is 1. The molecule has 8 heteroatoms. The molecule has 0 bridgehead atoms. The molecule has 3 amide bonds. The summed E-state index contributed by atoms with van der Waals surface area (Å²) < 4.78 is 36.9. The molecule has 0 radical (unpaired) electrons. The van der Waals surface area contributed by atoms with Crippen LogP contribution in [0.3, 0.4) is 0 Å². The fourth-order valence-electron chi connectivity index (χ4n) is 3.25. The van der Waals surface area contributed by atoms with Gasteiger partial charge in [-0.3, -0.25) is 4.79 Å². The van der Waals surface area contributed by atoms with Gasteiger partial charge in [0.25, 0.3) is 0 Å². The van der Waals surface area contributed by atoms with Gasteiger partial charge in [0, 0.05) is 38.3 Å². The second-order valence-corrected chi connectivity index (χ2v) is 6.83. The molecule has 0 spiro atoms. The molecule has 150 valence electrons. The molecule has 2 aromatic carbocycles. The second-order valence-electron chi connectivity index (χ2n) is 6.83. The van der Waals surface area contributed by atoms with E-state index in [0.29, 0.717) is 25.2 Å². The van der Waals surface area contributed by atoms with Gasteiger partial charge in [0.15, 0.2) is 0 Å². The van der Waals surface area contributed by atoms with Gasteiger partial charge in [-0.25, -0.2) is 4.79 Å². The number of fused-ring (bicyclic) bond motifs is 1. The Bertz CT molecular complexity index is 854. The Morgan fingerprint density at radius 3 is 2.36 bits per heavy atom. The average molecular weight is 393 g/mol. The molecule has 1 saturated heterocycles. The van der Waals surface area contributed by atoms with Crippen molar-refractivity contribution >= 4 is 28.4 Å². The number of halogens is 3. The Morgan fingerprint density at radius 2 is 1.61 bits per heavy atom. The van der Waals surface area contributed by atoms with Crippen molar-refractivity contribution in [3.05, 3.63) is 42.5 Å². The monoisotopic (exact) mass is 393 g/mol. The lowest BCUT2D eigenvalue weighted by Gasteiger charge is -2.23. The lowest BCUT2D eigenvalue weighted by atomic mass is 10.1. The summed E-state index contributed by atoms with van der Waals surface area (Å²) in [6.45, 7) is 1.33. The first-order chi connectivity index (χ1) is 13.3. The summed E-state index contributed by atoms with van der Waals surface area (Å²) in [7, 11) is 0. The third-order valence-electron chi connectivity index (χ3n) is 4.76. The third kappa shape index (κ3) is 5.37. The number of hydrogen-bond acceptors (Lipinski definition) is 2. The van der Waals surface area contributed by atoms with E-state index in [9.17, 15) is 22.8 Å². The van der Waals surface area contributed by atoms with Crippen molar-refractivity contribution < 1.29 is 22.8 Å². The Balaban J connectivity index is 1.55. The maximum Gasteiger partial charge on any atom is 0.389 e. The minimum atomic E-state index is -4.34. The van der Waals surface area contributed by atoms with Crippen molar-refractivity contribution in [1.82, 2.24) is 9.80 Å². The smallest absolute Gasteiger partial charge is 0.341 e. The van der Waals surface area contributed by atoms with E-state index in [-0.39, 0.29) is 19.1 Å². The highest BCUT2D eigenvalue weighted by molar-refractivity contribution is 5.93. The van der Waals surface area contributed by atoms with Crippen molar-refractivity contribution in [3.8, 4) is 0 Å². The SMILES string of the molecule is O=C(CCC(F)(F)F)N1CCCN(C(=O)Nc2ccc3ccccc3c2)CC1. The lowest BCUT2D eigenvalue weighted by molar-refractivity contribution is -0.149. The van der Waals surface area contributed by atoms with Crippen LogP contribution in [0.2, 0.25) is 0 Å². The first kappa shape index (κ1) is 20.0. The van der Waals surface area contributed by atoms with E-state index in [1.807, 2.05) is 42.5 Å². The van der Waals surface area contributed by atoms with Crippen LogP contribution in [-0.2, 0) is 4.79 Å². The van der Waals surface area contributed by atoms with Crippen molar-refractivity contribution in [2.45, 2.75) is 25.4 Å². The molecule has 0 unspecified atom stereocenters. The van der Waals surface area contributed by atoms with E-state index >= 15 is 0 Å². The number of carbonyl (C=O) groups is 2. The van der Waals surface area contributed by atoms with Crippen LogP contribution in [0.25, 0.3) is 10.8 Å². The summed E-state index contributed by atoms with van der Waals surface area (Å²) in [5.74, 6) is -0.519. The molecule has 28 heavy (non-hydrogen) atoms. The fourth-order valence-corrected chi connectivity index (χ4v) is 3.25. The highest BCUT2D eigenvalue weighted by Gasteiger charge is 2.30. The van der Waals surface area contributed by atoms with E-state index < -0.39 is 24.9 Å². The highest BCUT2D eigenvalue weighted by atomic mass is 19.4. The van der Waals surface area contributed by atoms with Crippen LogP contribution in [0, 0.1) is 0 Å².